The summed E-state index contributed by atoms with van der Waals surface area (Å²) in [4.78, 5) is 10.4. The Kier molecular flexibility index (Phi) is 3.45. The van der Waals surface area contributed by atoms with E-state index in [0.717, 1.165) is 18.4 Å². The standard InChI is InChI=1S/C10H13NO/c1-2-6-10(11-12)9-7-4-3-5-8-9/h3-5,7-8,10H,2,6H2,1H3/t10-/m0/s1. The minimum Gasteiger partial charge on any atom is -0.150 e. The molecule has 1 rings (SSSR count). The lowest BCUT2D eigenvalue weighted by molar-refractivity contribution is 0.636. The average molecular weight is 163 g/mol. The molecule has 0 aliphatic heterocycles. The van der Waals surface area contributed by atoms with Gasteiger partial charge >= 0.3 is 0 Å². The molecule has 0 bridgehead atoms. The first-order valence-electron chi connectivity index (χ1n) is 4.26. The van der Waals surface area contributed by atoms with Gasteiger partial charge in [0.05, 0.1) is 0 Å². The maximum atomic E-state index is 10.4. The first kappa shape index (κ1) is 8.91. The lowest BCUT2D eigenvalue weighted by Gasteiger charge is -2.06. The van der Waals surface area contributed by atoms with Crippen molar-refractivity contribution in [2.75, 3.05) is 0 Å². The van der Waals surface area contributed by atoms with Crippen LogP contribution in [-0.4, -0.2) is 0 Å². The molecule has 0 heterocycles. The average Bonchev–Trinajstić information content (AvgIpc) is 2.15. The van der Waals surface area contributed by atoms with Crippen LogP contribution in [0.1, 0.15) is 31.4 Å². The van der Waals surface area contributed by atoms with Crippen molar-refractivity contribution in [3.05, 3.63) is 40.8 Å². The third-order valence-corrected chi connectivity index (χ3v) is 1.87. The van der Waals surface area contributed by atoms with Gasteiger partial charge in [-0.1, -0.05) is 48.9 Å². The summed E-state index contributed by atoms with van der Waals surface area (Å²) in [6, 6.07) is 9.55. The van der Waals surface area contributed by atoms with Gasteiger partial charge in [0, 0.05) is 0 Å². The van der Waals surface area contributed by atoms with E-state index in [0.29, 0.717) is 0 Å². The van der Waals surface area contributed by atoms with E-state index in [1.807, 2.05) is 30.3 Å². The molecule has 0 unspecified atom stereocenters. The van der Waals surface area contributed by atoms with Crippen LogP contribution in [0.15, 0.2) is 35.5 Å². The molecule has 64 valence electrons. The molecule has 2 nitrogen and oxygen atoms in total. The van der Waals surface area contributed by atoms with Crippen LogP contribution in [0.2, 0.25) is 0 Å². The Morgan fingerprint density at radius 3 is 2.50 bits per heavy atom. The highest BCUT2D eigenvalue weighted by molar-refractivity contribution is 5.18. The van der Waals surface area contributed by atoms with Crippen molar-refractivity contribution in [3.63, 3.8) is 0 Å². The van der Waals surface area contributed by atoms with Gasteiger partial charge in [0.25, 0.3) is 0 Å². The predicted octanol–water partition coefficient (Wildman–Crippen LogP) is 3.29. The SMILES string of the molecule is CCC[C@H](N=O)c1ccccc1. The first-order valence-corrected chi connectivity index (χ1v) is 4.26. The van der Waals surface area contributed by atoms with Crippen LogP contribution < -0.4 is 0 Å². The van der Waals surface area contributed by atoms with Gasteiger partial charge in [-0.2, -0.15) is 4.91 Å². The third kappa shape index (κ3) is 2.16. The number of hydrogen-bond acceptors (Lipinski definition) is 2. The molecular formula is C10H13NO. The van der Waals surface area contributed by atoms with Crippen molar-refractivity contribution in [2.45, 2.75) is 25.8 Å². The minimum atomic E-state index is -0.156. The molecule has 0 saturated carbocycles. The summed E-state index contributed by atoms with van der Waals surface area (Å²) < 4.78 is 0. The molecule has 0 radical (unpaired) electrons. The van der Waals surface area contributed by atoms with E-state index in [2.05, 4.69) is 12.1 Å². The lowest BCUT2D eigenvalue weighted by atomic mass is 10.0. The topological polar surface area (TPSA) is 29.4 Å². The molecule has 0 aliphatic carbocycles. The number of rotatable bonds is 4. The van der Waals surface area contributed by atoms with Crippen molar-refractivity contribution in [1.82, 2.24) is 0 Å². The number of nitrogens with zero attached hydrogens (tertiary/aromatic N) is 1. The lowest BCUT2D eigenvalue weighted by Crippen LogP contribution is -1.92. The van der Waals surface area contributed by atoms with E-state index in [9.17, 15) is 4.91 Å². The zero-order chi connectivity index (χ0) is 8.81. The van der Waals surface area contributed by atoms with Crippen molar-refractivity contribution in [2.24, 2.45) is 5.18 Å². The molecule has 0 amide bonds. The molecular weight excluding hydrogens is 150 g/mol. The van der Waals surface area contributed by atoms with Gasteiger partial charge in [-0.15, -0.1) is 0 Å². The van der Waals surface area contributed by atoms with Gasteiger partial charge in [0.2, 0.25) is 0 Å². The first-order chi connectivity index (χ1) is 5.88. The van der Waals surface area contributed by atoms with Crippen LogP contribution in [0.25, 0.3) is 0 Å². The molecule has 1 atom stereocenters. The predicted molar refractivity (Wildman–Crippen MR) is 49.9 cm³/mol. The maximum Gasteiger partial charge on any atom is 0.117 e. The largest absolute Gasteiger partial charge is 0.150 e. The van der Waals surface area contributed by atoms with Gasteiger partial charge in [0.1, 0.15) is 6.04 Å². The molecule has 0 aromatic heterocycles. The third-order valence-electron chi connectivity index (χ3n) is 1.87. The summed E-state index contributed by atoms with van der Waals surface area (Å²) in [5, 5.41) is 3.10. The fourth-order valence-electron chi connectivity index (χ4n) is 1.23. The number of hydrogen-bond donors (Lipinski definition) is 0. The second-order valence-corrected chi connectivity index (χ2v) is 2.82. The van der Waals surface area contributed by atoms with Gasteiger partial charge in [-0.25, -0.2) is 0 Å². The molecule has 0 aliphatic rings. The molecule has 2 heteroatoms. The Hall–Kier alpha value is -1.18. The Morgan fingerprint density at radius 1 is 1.33 bits per heavy atom. The summed E-state index contributed by atoms with van der Waals surface area (Å²) in [5.74, 6) is 0. The fraction of sp³-hybridized carbons (Fsp3) is 0.400. The number of benzene rings is 1. The second kappa shape index (κ2) is 4.65. The zero-order valence-corrected chi connectivity index (χ0v) is 7.23. The van der Waals surface area contributed by atoms with Crippen LogP contribution in [0.5, 0.6) is 0 Å². The van der Waals surface area contributed by atoms with Crippen molar-refractivity contribution >= 4 is 0 Å². The van der Waals surface area contributed by atoms with E-state index < -0.39 is 0 Å². The summed E-state index contributed by atoms with van der Waals surface area (Å²) in [7, 11) is 0. The Bertz CT molecular complexity index is 233. The van der Waals surface area contributed by atoms with Crippen molar-refractivity contribution < 1.29 is 0 Å². The highest BCUT2D eigenvalue weighted by atomic mass is 16.3. The Balaban J connectivity index is 2.73. The van der Waals surface area contributed by atoms with Gasteiger partial charge in [-0.3, -0.25) is 0 Å². The summed E-state index contributed by atoms with van der Waals surface area (Å²) >= 11 is 0. The molecule has 0 fully saturated rings. The van der Waals surface area contributed by atoms with E-state index in [-0.39, 0.29) is 6.04 Å². The molecule has 0 saturated heterocycles. The van der Waals surface area contributed by atoms with Gasteiger partial charge in [-0.05, 0) is 12.0 Å². The van der Waals surface area contributed by atoms with Crippen LogP contribution in [0.3, 0.4) is 0 Å². The van der Waals surface area contributed by atoms with E-state index in [1.54, 1.807) is 0 Å². The molecule has 0 spiro atoms. The Labute approximate surface area is 72.6 Å². The smallest absolute Gasteiger partial charge is 0.117 e. The van der Waals surface area contributed by atoms with Gasteiger partial charge < -0.3 is 0 Å². The molecule has 0 N–H and O–H groups in total. The monoisotopic (exact) mass is 163 g/mol. The van der Waals surface area contributed by atoms with E-state index in [1.165, 1.54) is 0 Å². The van der Waals surface area contributed by atoms with Gasteiger partial charge in [0.15, 0.2) is 0 Å². The minimum absolute atomic E-state index is 0.156. The van der Waals surface area contributed by atoms with Crippen LogP contribution >= 0.6 is 0 Å². The van der Waals surface area contributed by atoms with Crippen molar-refractivity contribution in [3.8, 4) is 0 Å². The van der Waals surface area contributed by atoms with Crippen LogP contribution in [0, 0.1) is 4.91 Å². The van der Waals surface area contributed by atoms with Crippen LogP contribution in [-0.2, 0) is 0 Å². The van der Waals surface area contributed by atoms with Crippen LogP contribution in [0.4, 0.5) is 0 Å². The second-order valence-electron chi connectivity index (χ2n) is 2.82. The quantitative estimate of drug-likeness (QED) is 0.626. The fourth-order valence-corrected chi connectivity index (χ4v) is 1.23. The molecule has 12 heavy (non-hydrogen) atoms. The zero-order valence-electron chi connectivity index (χ0n) is 7.23. The highest BCUT2D eigenvalue weighted by Crippen LogP contribution is 2.21. The highest BCUT2D eigenvalue weighted by Gasteiger charge is 2.08. The number of nitroso groups, excluding NO2 is 1. The van der Waals surface area contributed by atoms with E-state index in [4.69, 9.17) is 0 Å². The maximum absolute atomic E-state index is 10.4. The summed E-state index contributed by atoms with van der Waals surface area (Å²) in [6.07, 6.45) is 1.83. The van der Waals surface area contributed by atoms with E-state index >= 15 is 0 Å². The normalized spacial score (nSPS) is 12.4. The summed E-state index contributed by atoms with van der Waals surface area (Å²) in [5.41, 5.74) is 1.02. The molecule has 1 aromatic carbocycles. The molecule has 1 aromatic rings. The summed E-state index contributed by atoms with van der Waals surface area (Å²) in [6.45, 7) is 2.06. The van der Waals surface area contributed by atoms with Crippen molar-refractivity contribution in [1.29, 1.82) is 0 Å². The Morgan fingerprint density at radius 2 is 2.00 bits per heavy atom.